The van der Waals surface area contributed by atoms with Gasteiger partial charge in [-0.1, -0.05) is 38.1 Å². The monoisotopic (exact) mass is 294 g/mol. The van der Waals surface area contributed by atoms with Crippen molar-refractivity contribution in [2.75, 3.05) is 5.73 Å². The average molecular weight is 295 g/mol. The van der Waals surface area contributed by atoms with Gasteiger partial charge in [-0.3, -0.25) is 0 Å². The zero-order chi connectivity index (χ0) is 12.4. The number of nitrogen functional groups attached to an aromatic ring is 1. The van der Waals surface area contributed by atoms with Crippen molar-refractivity contribution >= 4 is 21.9 Å². The SMILES string of the molecule is CC(C)c1ccc(Cn2nc(N)nc2Br)cc1. The third kappa shape index (κ3) is 2.85. The van der Waals surface area contributed by atoms with Gasteiger partial charge in [0.25, 0.3) is 0 Å². The zero-order valence-electron chi connectivity index (χ0n) is 9.89. The van der Waals surface area contributed by atoms with Crippen molar-refractivity contribution in [1.29, 1.82) is 0 Å². The van der Waals surface area contributed by atoms with Crippen molar-refractivity contribution < 1.29 is 0 Å². The highest BCUT2D eigenvalue weighted by atomic mass is 79.9. The molecule has 5 heteroatoms. The van der Waals surface area contributed by atoms with Gasteiger partial charge in [-0.05, 0) is 33.0 Å². The average Bonchev–Trinajstić information content (AvgIpc) is 2.58. The summed E-state index contributed by atoms with van der Waals surface area (Å²) in [5, 5.41) is 4.10. The summed E-state index contributed by atoms with van der Waals surface area (Å²) >= 11 is 3.32. The number of hydrogen-bond donors (Lipinski definition) is 1. The smallest absolute Gasteiger partial charge is 0.240 e. The van der Waals surface area contributed by atoms with Gasteiger partial charge in [0, 0.05) is 0 Å². The van der Waals surface area contributed by atoms with E-state index < -0.39 is 0 Å². The van der Waals surface area contributed by atoms with Gasteiger partial charge in [-0.15, -0.1) is 5.10 Å². The van der Waals surface area contributed by atoms with Crippen LogP contribution in [0, 0.1) is 0 Å². The predicted molar refractivity (Wildman–Crippen MR) is 71.8 cm³/mol. The first kappa shape index (κ1) is 12.1. The van der Waals surface area contributed by atoms with Crippen LogP contribution in [0.3, 0.4) is 0 Å². The standard InChI is InChI=1S/C12H15BrN4/c1-8(2)10-5-3-9(4-6-10)7-17-11(13)15-12(14)16-17/h3-6,8H,7H2,1-2H3,(H2,14,16). The van der Waals surface area contributed by atoms with Crippen molar-refractivity contribution in [3.8, 4) is 0 Å². The first-order valence-corrected chi connectivity index (χ1v) is 6.30. The summed E-state index contributed by atoms with van der Waals surface area (Å²) in [7, 11) is 0. The molecule has 90 valence electrons. The molecule has 0 aliphatic carbocycles. The van der Waals surface area contributed by atoms with Gasteiger partial charge in [0.1, 0.15) is 0 Å². The minimum absolute atomic E-state index is 0.288. The highest BCUT2D eigenvalue weighted by Gasteiger charge is 2.05. The quantitative estimate of drug-likeness (QED) is 0.947. The minimum atomic E-state index is 0.288. The second-order valence-electron chi connectivity index (χ2n) is 4.29. The van der Waals surface area contributed by atoms with Crippen LogP contribution >= 0.6 is 15.9 Å². The number of hydrogen-bond acceptors (Lipinski definition) is 3. The van der Waals surface area contributed by atoms with Crippen molar-refractivity contribution in [1.82, 2.24) is 14.8 Å². The second-order valence-corrected chi connectivity index (χ2v) is 5.00. The van der Waals surface area contributed by atoms with E-state index in [0.717, 1.165) is 0 Å². The Morgan fingerprint density at radius 2 is 1.94 bits per heavy atom. The predicted octanol–water partition coefficient (Wildman–Crippen LogP) is 2.79. The summed E-state index contributed by atoms with van der Waals surface area (Å²) in [6.07, 6.45) is 0. The van der Waals surface area contributed by atoms with Gasteiger partial charge in [0.15, 0.2) is 4.73 Å². The topological polar surface area (TPSA) is 56.7 Å². The summed E-state index contributed by atoms with van der Waals surface area (Å²) < 4.78 is 2.39. The fourth-order valence-corrected chi connectivity index (χ4v) is 2.01. The summed E-state index contributed by atoms with van der Waals surface area (Å²) in [6, 6.07) is 8.52. The molecule has 2 aromatic rings. The third-order valence-electron chi connectivity index (χ3n) is 2.62. The highest BCUT2D eigenvalue weighted by molar-refractivity contribution is 9.10. The lowest BCUT2D eigenvalue weighted by molar-refractivity contribution is 0.669. The molecule has 0 spiro atoms. The second kappa shape index (κ2) is 4.87. The Morgan fingerprint density at radius 3 is 2.41 bits per heavy atom. The molecule has 0 atom stereocenters. The number of nitrogens with zero attached hydrogens (tertiary/aromatic N) is 3. The molecule has 0 amide bonds. The summed E-state index contributed by atoms with van der Waals surface area (Å²) in [5.41, 5.74) is 8.04. The molecular formula is C12H15BrN4. The Hall–Kier alpha value is -1.36. The maximum atomic E-state index is 5.52. The molecule has 0 aliphatic heterocycles. The van der Waals surface area contributed by atoms with E-state index in [9.17, 15) is 0 Å². The van der Waals surface area contributed by atoms with Crippen LogP contribution in [0.4, 0.5) is 5.95 Å². The molecule has 1 aromatic heterocycles. The molecule has 0 aliphatic rings. The van der Waals surface area contributed by atoms with Crippen molar-refractivity contribution in [2.24, 2.45) is 0 Å². The van der Waals surface area contributed by atoms with Gasteiger partial charge in [-0.2, -0.15) is 4.98 Å². The van der Waals surface area contributed by atoms with E-state index in [2.05, 4.69) is 64.1 Å². The Labute approximate surface area is 109 Å². The van der Waals surface area contributed by atoms with E-state index >= 15 is 0 Å². The zero-order valence-corrected chi connectivity index (χ0v) is 11.5. The summed E-state index contributed by atoms with van der Waals surface area (Å²) in [4.78, 5) is 4.00. The maximum absolute atomic E-state index is 5.52. The van der Waals surface area contributed by atoms with E-state index in [1.54, 1.807) is 4.68 Å². The maximum Gasteiger partial charge on any atom is 0.240 e. The molecule has 17 heavy (non-hydrogen) atoms. The van der Waals surface area contributed by atoms with E-state index in [0.29, 0.717) is 17.2 Å². The lowest BCUT2D eigenvalue weighted by Gasteiger charge is -2.07. The molecule has 4 nitrogen and oxygen atoms in total. The van der Waals surface area contributed by atoms with Crippen molar-refractivity contribution in [2.45, 2.75) is 26.3 Å². The number of anilines is 1. The van der Waals surface area contributed by atoms with E-state index in [4.69, 9.17) is 5.73 Å². The van der Waals surface area contributed by atoms with Crippen LogP contribution in [0.25, 0.3) is 0 Å². The fourth-order valence-electron chi connectivity index (χ4n) is 1.62. The van der Waals surface area contributed by atoms with Gasteiger partial charge in [0.05, 0.1) is 6.54 Å². The molecule has 0 saturated carbocycles. The minimum Gasteiger partial charge on any atom is -0.366 e. The number of rotatable bonds is 3. The van der Waals surface area contributed by atoms with Gasteiger partial charge in [-0.25, -0.2) is 4.68 Å². The van der Waals surface area contributed by atoms with E-state index in [1.165, 1.54) is 11.1 Å². The van der Waals surface area contributed by atoms with E-state index in [-0.39, 0.29) is 5.95 Å². The number of halogens is 1. The van der Waals surface area contributed by atoms with E-state index in [1.807, 2.05) is 0 Å². The Morgan fingerprint density at radius 1 is 1.29 bits per heavy atom. The van der Waals surface area contributed by atoms with Crippen LogP contribution in [0.15, 0.2) is 29.0 Å². The van der Waals surface area contributed by atoms with Crippen molar-refractivity contribution in [3.05, 3.63) is 40.1 Å². The van der Waals surface area contributed by atoms with Gasteiger partial charge >= 0.3 is 0 Å². The number of aromatic nitrogens is 3. The Bertz CT molecular complexity index is 502. The summed E-state index contributed by atoms with van der Waals surface area (Å²) in [5.74, 6) is 0.841. The highest BCUT2D eigenvalue weighted by Crippen LogP contribution is 2.16. The molecule has 1 heterocycles. The summed E-state index contributed by atoms with van der Waals surface area (Å²) in [6.45, 7) is 5.04. The Balaban J connectivity index is 2.16. The number of nitrogens with two attached hydrogens (primary N) is 1. The normalized spacial score (nSPS) is 11.1. The molecule has 2 N–H and O–H groups in total. The Kier molecular flexibility index (Phi) is 3.47. The van der Waals surface area contributed by atoms with Crippen LogP contribution in [0.1, 0.15) is 30.9 Å². The molecular weight excluding hydrogens is 280 g/mol. The van der Waals surface area contributed by atoms with Crippen LogP contribution in [0.5, 0.6) is 0 Å². The lowest BCUT2D eigenvalue weighted by atomic mass is 10.0. The molecule has 1 aromatic carbocycles. The molecule has 0 fully saturated rings. The lowest BCUT2D eigenvalue weighted by Crippen LogP contribution is -2.03. The largest absolute Gasteiger partial charge is 0.366 e. The molecule has 0 saturated heterocycles. The third-order valence-corrected chi connectivity index (χ3v) is 3.21. The van der Waals surface area contributed by atoms with Crippen LogP contribution in [0.2, 0.25) is 0 Å². The van der Waals surface area contributed by atoms with Crippen LogP contribution in [-0.4, -0.2) is 14.8 Å². The first-order chi connectivity index (χ1) is 8.06. The first-order valence-electron chi connectivity index (χ1n) is 5.51. The van der Waals surface area contributed by atoms with Gasteiger partial charge in [0.2, 0.25) is 5.95 Å². The molecule has 0 bridgehead atoms. The van der Waals surface area contributed by atoms with Crippen LogP contribution in [-0.2, 0) is 6.54 Å². The molecule has 0 unspecified atom stereocenters. The van der Waals surface area contributed by atoms with Gasteiger partial charge < -0.3 is 5.73 Å². The van der Waals surface area contributed by atoms with Crippen molar-refractivity contribution in [3.63, 3.8) is 0 Å². The number of benzene rings is 1. The molecule has 0 radical (unpaired) electrons. The van der Waals surface area contributed by atoms with Crippen LogP contribution < -0.4 is 5.73 Å². The molecule has 2 rings (SSSR count). The fraction of sp³-hybridized carbons (Fsp3) is 0.333.